The van der Waals surface area contributed by atoms with Crippen molar-refractivity contribution in [1.82, 2.24) is 9.97 Å². The van der Waals surface area contributed by atoms with Crippen molar-refractivity contribution in [3.8, 4) is 17.3 Å². The number of thiazole rings is 1. The van der Waals surface area contributed by atoms with Crippen molar-refractivity contribution < 1.29 is 8.42 Å². The molecule has 0 atom stereocenters. The van der Waals surface area contributed by atoms with Crippen LogP contribution in [-0.4, -0.2) is 18.4 Å². The maximum atomic E-state index is 12.5. The molecule has 0 fully saturated rings. The Morgan fingerprint density at radius 2 is 1.73 bits per heavy atom. The number of nitriles is 1. The third-order valence-electron chi connectivity index (χ3n) is 4.14. The fraction of sp³-hybridized carbons (Fsp3) is 0. The highest BCUT2D eigenvalue weighted by molar-refractivity contribution is 7.92. The summed E-state index contributed by atoms with van der Waals surface area (Å²) in [5.74, 6) is 0. The number of pyridine rings is 1. The summed E-state index contributed by atoms with van der Waals surface area (Å²) in [5.41, 5.74) is 3.34. The van der Waals surface area contributed by atoms with Crippen LogP contribution in [0.15, 0.2) is 83.3 Å². The number of rotatable bonds is 6. The van der Waals surface area contributed by atoms with E-state index in [1.165, 1.54) is 35.6 Å². The van der Waals surface area contributed by atoms with Crippen molar-refractivity contribution in [3.05, 3.63) is 84.0 Å². The summed E-state index contributed by atoms with van der Waals surface area (Å²) in [6.07, 6.45) is 3.42. The molecule has 0 bridgehead atoms. The Morgan fingerprint density at radius 3 is 2.40 bits per heavy atom. The highest BCUT2D eigenvalue weighted by Crippen LogP contribution is 2.28. The Balaban J connectivity index is 1.47. The maximum Gasteiger partial charge on any atom is 0.261 e. The highest BCUT2D eigenvalue weighted by Gasteiger charge is 2.14. The Bertz CT molecular complexity index is 1290. The fourth-order valence-electron chi connectivity index (χ4n) is 2.66. The van der Waals surface area contributed by atoms with Crippen LogP contribution < -0.4 is 10.0 Å². The van der Waals surface area contributed by atoms with Crippen molar-refractivity contribution in [2.24, 2.45) is 0 Å². The standard InChI is InChI=1S/C21H15N5O2S2/c22-12-15-3-9-19(10-4-15)30(27,28)26-17-7-5-16(6-8-17)20-14-29-21(25-20)24-18-2-1-11-23-13-18/h1-11,13-14,26H,(H,24,25). The molecule has 0 saturated carbocycles. The first kappa shape index (κ1) is 19.6. The number of sulfonamides is 1. The van der Waals surface area contributed by atoms with E-state index in [4.69, 9.17) is 5.26 Å². The van der Waals surface area contributed by atoms with E-state index in [0.29, 0.717) is 11.3 Å². The van der Waals surface area contributed by atoms with E-state index in [9.17, 15) is 8.42 Å². The summed E-state index contributed by atoms with van der Waals surface area (Å²) in [5, 5.41) is 14.7. The molecule has 0 unspecified atom stereocenters. The Morgan fingerprint density at radius 1 is 0.967 bits per heavy atom. The molecule has 4 rings (SSSR count). The first-order chi connectivity index (χ1) is 14.5. The van der Waals surface area contributed by atoms with Crippen molar-refractivity contribution in [3.63, 3.8) is 0 Å². The molecule has 4 aromatic rings. The van der Waals surface area contributed by atoms with Crippen molar-refractivity contribution in [2.45, 2.75) is 4.90 Å². The van der Waals surface area contributed by atoms with Gasteiger partial charge in [0.05, 0.1) is 34.1 Å². The summed E-state index contributed by atoms with van der Waals surface area (Å²) in [6.45, 7) is 0. The minimum atomic E-state index is -3.74. The normalized spacial score (nSPS) is 10.9. The van der Waals surface area contributed by atoms with Gasteiger partial charge in [-0.25, -0.2) is 13.4 Å². The lowest BCUT2D eigenvalue weighted by Gasteiger charge is -2.08. The molecule has 2 aromatic carbocycles. The van der Waals surface area contributed by atoms with Gasteiger partial charge < -0.3 is 5.32 Å². The van der Waals surface area contributed by atoms with Gasteiger partial charge in [-0.1, -0.05) is 12.1 Å². The van der Waals surface area contributed by atoms with Crippen molar-refractivity contribution in [2.75, 3.05) is 10.0 Å². The predicted molar refractivity (Wildman–Crippen MR) is 117 cm³/mol. The van der Waals surface area contributed by atoms with Crippen LogP contribution in [0, 0.1) is 11.3 Å². The summed E-state index contributed by atoms with van der Waals surface area (Å²) >= 11 is 1.47. The van der Waals surface area contributed by atoms with E-state index in [0.717, 1.165) is 22.1 Å². The van der Waals surface area contributed by atoms with Crippen LogP contribution in [-0.2, 0) is 10.0 Å². The summed E-state index contributed by atoms with van der Waals surface area (Å²) in [7, 11) is -3.74. The first-order valence-electron chi connectivity index (χ1n) is 8.79. The number of aromatic nitrogens is 2. The topological polar surface area (TPSA) is 108 Å². The third kappa shape index (κ3) is 4.46. The third-order valence-corrected chi connectivity index (χ3v) is 6.30. The van der Waals surface area contributed by atoms with Crippen LogP contribution in [0.2, 0.25) is 0 Å². The minimum absolute atomic E-state index is 0.0937. The molecule has 2 N–H and O–H groups in total. The highest BCUT2D eigenvalue weighted by atomic mass is 32.2. The quantitative estimate of drug-likeness (QED) is 0.459. The van der Waals surface area contributed by atoms with E-state index in [-0.39, 0.29) is 4.90 Å². The van der Waals surface area contributed by atoms with Crippen LogP contribution in [0.3, 0.4) is 0 Å². The van der Waals surface area contributed by atoms with Gasteiger partial charge in [-0.05, 0) is 48.5 Å². The molecule has 0 amide bonds. The van der Waals surface area contributed by atoms with Gasteiger partial charge in [0.1, 0.15) is 0 Å². The maximum absolute atomic E-state index is 12.5. The number of anilines is 3. The average molecular weight is 434 g/mol. The number of benzene rings is 2. The largest absolute Gasteiger partial charge is 0.330 e. The summed E-state index contributed by atoms with van der Waals surface area (Å²) in [6, 6.07) is 18.4. The van der Waals surface area contributed by atoms with E-state index in [2.05, 4.69) is 20.0 Å². The van der Waals surface area contributed by atoms with Crippen LogP contribution in [0.25, 0.3) is 11.3 Å². The molecule has 148 valence electrons. The SMILES string of the molecule is N#Cc1ccc(S(=O)(=O)Nc2ccc(-c3csc(Nc4cccnc4)n3)cc2)cc1. The van der Waals surface area contributed by atoms with E-state index >= 15 is 0 Å². The molecule has 9 heteroatoms. The molecule has 0 aliphatic carbocycles. The molecule has 0 saturated heterocycles. The zero-order valence-electron chi connectivity index (χ0n) is 15.5. The van der Waals surface area contributed by atoms with Gasteiger partial charge in [0, 0.05) is 22.8 Å². The van der Waals surface area contributed by atoms with Gasteiger partial charge in [-0.3, -0.25) is 9.71 Å². The molecule has 0 aliphatic rings. The molecule has 0 radical (unpaired) electrons. The molecule has 2 aromatic heterocycles. The van der Waals surface area contributed by atoms with Crippen LogP contribution in [0.5, 0.6) is 0 Å². The van der Waals surface area contributed by atoms with Gasteiger partial charge in [-0.2, -0.15) is 5.26 Å². The second kappa shape index (κ2) is 8.32. The lowest BCUT2D eigenvalue weighted by molar-refractivity contribution is 0.601. The van der Waals surface area contributed by atoms with E-state index in [1.807, 2.05) is 23.6 Å². The molecule has 30 heavy (non-hydrogen) atoms. The van der Waals surface area contributed by atoms with Crippen molar-refractivity contribution in [1.29, 1.82) is 5.26 Å². The van der Waals surface area contributed by atoms with Gasteiger partial charge >= 0.3 is 0 Å². The predicted octanol–water partition coefficient (Wildman–Crippen LogP) is 4.62. The van der Waals surface area contributed by atoms with Gasteiger partial charge in [0.2, 0.25) is 0 Å². The molecule has 0 spiro atoms. The average Bonchev–Trinajstić information content (AvgIpc) is 3.23. The monoisotopic (exact) mass is 433 g/mol. The number of hydrogen-bond donors (Lipinski definition) is 2. The van der Waals surface area contributed by atoms with Gasteiger partial charge in [0.15, 0.2) is 5.13 Å². The Kier molecular flexibility index (Phi) is 5.43. The molecular weight excluding hydrogens is 418 g/mol. The number of hydrogen-bond acceptors (Lipinski definition) is 7. The van der Waals surface area contributed by atoms with Gasteiger partial charge in [-0.15, -0.1) is 11.3 Å². The zero-order valence-corrected chi connectivity index (χ0v) is 17.1. The van der Waals surface area contributed by atoms with Crippen molar-refractivity contribution >= 4 is 37.9 Å². The van der Waals surface area contributed by atoms with Crippen LogP contribution >= 0.6 is 11.3 Å². The Labute approximate surface area is 177 Å². The fourth-order valence-corrected chi connectivity index (χ4v) is 4.45. The van der Waals surface area contributed by atoms with E-state index in [1.54, 1.807) is 36.7 Å². The first-order valence-corrected chi connectivity index (χ1v) is 11.2. The van der Waals surface area contributed by atoms with Gasteiger partial charge in [0.25, 0.3) is 10.0 Å². The second-order valence-electron chi connectivity index (χ2n) is 6.22. The molecule has 2 heterocycles. The lowest BCUT2D eigenvalue weighted by atomic mass is 10.1. The number of nitrogens with one attached hydrogen (secondary N) is 2. The zero-order chi connectivity index (χ0) is 21.0. The molecule has 7 nitrogen and oxygen atoms in total. The van der Waals surface area contributed by atoms with Crippen LogP contribution in [0.4, 0.5) is 16.5 Å². The summed E-state index contributed by atoms with van der Waals surface area (Å²) in [4.78, 5) is 8.71. The van der Waals surface area contributed by atoms with E-state index < -0.39 is 10.0 Å². The summed E-state index contributed by atoms with van der Waals surface area (Å²) < 4.78 is 27.6. The van der Waals surface area contributed by atoms with Crippen LogP contribution in [0.1, 0.15) is 5.56 Å². The Hall–Kier alpha value is -3.74. The lowest BCUT2D eigenvalue weighted by Crippen LogP contribution is -2.12. The molecule has 0 aliphatic heterocycles. The number of nitrogens with zero attached hydrogens (tertiary/aromatic N) is 3. The minimum Gasteiger partial charge on any atom is -0.330 e. The second-order valence-corrected chi connectivity index (χ2v) is 8.76. The molecular formula is C21H15N5O2S2. The smallest absolute Gasteiger partial charge is 0.261 e.